The molecule has 2 aromatic heterocycles. The largest absolute Gasteiger partial charge is 0.497 e. The number of hydrogen-bond donors (Lipinski definition) is 2. The molecule has 150 valence electrons. The quantitative estimate of drug-likeness (QED) is 0.463. The van der Waals surface area contributed by atoms with Gasteiger partial charge in [-0.05, 0) is 47.8 Å². The van der Waals surface area contributed by atoms with Crippen LogP contribution in [0.3, 0.4) is 0 Å². The van der Waals surface area contributed by atoms with Gasteiger partial charge in [0, 0.05) is 22.2 Å². The van der Waals surface area contributed by atoms with E-state index < -0.39 is 11.8 Å². The molecule has 0 aliphatic heterocycles. The number of hydrogen-bond acceptors (Lipinski definition) is 6. The molecule has 0 aliphatic rings. The monoisotopic (exact) mass is 419 g/mol. The number of rotatable bonds is 6. The van der Waals surface area contributed by atoms with Crippen LogP contribution in [-0.2, 0) is 0 Å². The lowest BCUT2D eigenvalue weighted by Crippen LogP contribution is -2.17. The lowest BCUT2D eigenvalue weighted by Gasteiger charge is -2.08. The number of nitrogens with one attached hydrogen (secondary N) is 2. The molecule has 0 bridgehead atoms. The molecule has 0 saturated carbocycles. The van der Waals surface area contributed by atoms with E-state index in [0.29, 0.717) is 22.7 Å². The summed E-state index contributed by atoms with van der Waals surface area (Å²) < 4.78 is 10.5. The molecule has 0 aliphatic carbocycles. The molecule has 0 atom stereocenters. The van der Waals surface area contributed by atoms with Gasteiger partial charge in [-0.25, -0.2) is 0 Å². The van der Waals surface area contributed by atoms with Gasteiger partial charge in [0.05, 0.1) is 7.11 Å². The fourth-order valence-corrected chi connectivity index (χ4v) is 3.46. The first-order valence-corrected chi connectivity index (χ1v) is 9.94. The highest BCUT2D eigenvalue weighted by atomic mass is 32.1. The molecule has 2 N–H and O–H groups in total. The van der Waals surface area contributed by atoms with Gasteiger partial charge < -0.3 is 14.6 Å². The van der Waals surface area contributed by atoms with E-state index in [4.69, 9.17) is 9.26 Å². The number of thiophene rings is 1. The molecule has 2 aromatic carbocycles. The lowest BCUT2D eigenvalue weighted by atomic mass is 10.1. The molecular formula is C22H17N3O4S. The molecule has 0 spiro atoms. The van der Waals surface area contributed by atoms with Crippen LogP contribution in [0.1, 0.15) is 20.7 Å². The maximum absolute atomic E-state index is 13.1. The average Bonchev–Trinajstić information content (AvgIpc) is 3.45. The Morgan fingerprint density at radius 2 is 1.73 bits per heavy atom. The second-order valence-corrected chi connectivity index (χ2v) is 7.03. The van der Waals surface area contributed by atoms with E-state index in [1.807, 2.05) is 22.9 Å². The number of amides is 2. The minimum absolute atomic E-state index is 0.0175. The molecule has 7 nitrogen and oxygen atoms in total. The summed E-state index contributed by atoms with van der Waals surface area (Å²) in [6.45, 7) is 0. The Morgan fingerprint density at radius 1 is 0.967 bits per heavy atom. The molecule has 0 unspecified atom stereocenters. The van der Waals surface area contributed by atoms with Crippen LogP contribution < -0.4 is 15.4 Å². The zero-order valence-corrected chi connectivity index (χ0v) is 16.7. The van der Waals surface area contributed by atoms with E-state index in [1.54, 1.807) is 55.6 Å². The molecule has 0 radical (unpaired) electrons. The first kappa shape index (κ1) is 19.4. The van der Waals surface area contributed by atoms with Crippen molar-refractivity contribution < 1.29 is 18.8 Å². The van der Waals surface area contributed by atoms with Crippen molar-refractivity contribution in [2.24, 2.45) is 0 Å². The second kappa shape index (κ2) is 8.62. The van der Waals surface area contributed by atoms with Gasteiger partial charge in [-0.1, -0.05) is 23.4 Å². The van der Waals surface area contributed by atoms with Crippen LogP contribution in [0, 0.1) is 0 Å². The summed E-state index contributed by atoms with van der Waals surface area (Å²) in [6, 6.07) is 17.4. The fraction of sp³-hybridized carbons (Fsp3) is 0.0455. The van der Waals surface area contributed by atoms with Gasteiger partial charge >= 0.3 is 0 Å². The summed E-state index contributed by atoms with van der Waals surface area (Å²) in [7, 11) is 1.57. The van der Waals surface area contributed by atoms with Gasteiger partial charge in [-0.2, -0.15) is 11.3 Å². The average molecular weight is 419 g/mol. The van der Waals surface area contributed by atoms with Crippen LogP contribution in [0.4, 0.5) is 11.6 Å². The first-order chi connectivity index (χ1) is 14.7. The predicted octanol–water partition coefficient (Wildman–Crippen LogP) is 4.92. The number of carbonyl (C=O) groups is 2. The maximum Gasteiger partial charge on any atom is 0.263 e. The molecule has 0 saturated heterocycles. The van der Waals surface area contributed by atoms with Crippen LogP contribution in [-0.4, -0.2) is 24.1 Å². The van der Waals surface area contributed by atoms with Crippen LogP contribution in [0.2, 0.25) is 0 Å². The van der Waals surface area contributed by atoms with Crippen molar-refractivity contribution in [2.75, 3.05) is 17.7 Å². The van der Waals surface area contributed by atoms with E-state index in [2.05, 4.69) is 15.8 Å². The van der Waals surface area contributed by atoms with Crippen LogP contribution >= 0.6 is 11.3 Å². The van der Waals surface area contributed by atoms with Crippen molar-refractivity contribution >= 4 is 34.7 Å². The van der Waals surface area contributed by atoms with E-state index in [1.165, 1.54) is 11.3 Å². The Morgan fingerprint density at radius 3 is 2.40 bits per heavy atom. The second-order valence-electron chi connectivity index (χ2n) is 6.25. The number of ether oxygens (including phenoxy) is 1. The third kappa shape index (κ3) is 4.08. The van der Waals surface area contributed by atoms with E-state index >= 15 is 0 Å². The number of aromatic nitrogens is 1. The van der Waals surface area contributed by atoms with Gasteiger partial charge in [0.2, 0.25) is 5.88 Å². The molecular weight excluding hydrogens is 402 g/mol. The zero-order valence-electron chi connectivity index (χ0n) is 15.9. The Labute approximate surface area is 176 Å². The SMILES string of the molecule is COc1ccc(NC(=O)c2c(-c3ccsc3)noc2NC(=O)c2ccccc2)cc1. The number of methoxy groups -OCH3 is 1. The van der Waals surface area contributed by atoms with E-state index in [9.17, 15) is 9.59 Å². The lowest BCUT2D eigenvalue weighted by molar-refractivity contribution is 0.102. The van der Waals surface area contributed by atoms with Crippen molar-refractivity contribution in [3.8, 4) is 17.0 Å². The standard InChI is InChI=1S/C22H17N3O4S/c1-28-17-9-7-16(8-10-17)23-21(27)18-19(15-11-12-30-13-15)25-29-22(18)24-20(26)14-5-3-2-4-6-14/h2-13H,1H3,(H,23,27)(H,24,26). The molecule has 30 heavy (non-hydrogen) atoms. The number of nitrogens with zero attached hydrogens (tertiary/aromatic N) is 1. The van der Waals surface area contributed by atoms with Crippen LogP contribution in [0.15, 0.2) is 75.9 Å². The summed E-state index contributed by atoms with van der Waals surface area (Å²) in [5.41, 5.74) is 2.23. The summed E-state index contributed by atoms with van der Waals surface area (Å²) in [6.07, 6.45) is 0. The number of carbonyl (C=O) groups excluding carboxylic acids is 2. The third-order valence-electron chi connectivity index (χ3n) is 4.32. The number of anilines is 2. The van der Waals surface area contributed by atoms with Crippen molar-refractivity contribution in [1.29, 1.82) is 0 Å². The zero-order chi connectivity index (χ0) is 20.9. The smallest absolute Gasteiger partial charge is 0.263 e. The Hall–Kier alpha value is -3.91. The van der Waals surface area contributed by atoms with Crippen LogP contribution in [0.25, 0.3) is 11.3 Å². The van der Waals surface area contributed by atoms with Crippen molar-refractivity contribution in [3.63, 3.8) is 0 Å². The topological polar surface area (TPSA) is 93.5 Å². The normalized spacial score (nSPS) is 10.4. The maximum atomic E-state index is 13.1. The van der Waals surface area contributed by atoms with Crippen molar-refractivity contribution in [3.05, 3.63) is 82.6 Å². The Kier molecular flexibility index (Phi) is 5.58. The molecule has 0 fully saturated rings. The number of benzene rings is 2. The van der Waals surface area contributed by atoms with Gasteiger partial charge in [0.25, 0.3) is 11.8 Å². The first-order valence-electron chi connectivity index (χ1n) is 9.00. The van der Waals surface area contributed by atoms with Crippen molar-refractivity contribution in [1.82, 2.24) is 5.16 Å². The van der Waals surface area contributed by atoms with E-state index in [0.717, 1.165) is 5.56 Å². The minimum atomic E-state index is -0.453. The predicted molar refractivity (Wildman–Crippen MR) is 115 cm³/mol. The summed E-state index contributed by atoms with van der Waals surface area (Å²) in [5, 5.41) is 13.2. The van der Waals surface area contributed by atoms with Gasteiger partial charge in [0.1, 0.15) is 17.0 Å². The summed E-state index contributed by atoms with van der Waals surface area (Å²) in [5.74, 6) is -0.197. The van der Waals surface area contributed by atoms with Gasteiger partial charge in [0.15, 0.2) is 0 Å². The Balaban J connectivity index is 1.65. The molecule has 2 heterocycles. The molecule has 4 aromatic rings. The highest BCUT2D eigenvalue weighted by molar-refractivity contribution is 7.08. The molecule has 4 rings (SSSR count). The van der Waals surface area contributed by atoms with Crippen molar-refractivity contribution in [2.45, 2.75) is 0 Å². The fourth-order valence-electron chi connectivity index (χ4n) is 2.82. The highest BCUT2D eigenvalue weighted by Gasteiger charge is 2.26. The van der Waals surface area contributed by atoms with Crippen LogP contribution in [0.5, 0.6) is 5.75 Å². The summed E-state index contributed by atoms with van der Waals surface area (Å²) in [4.78, 5) is 25.7. The minimum Gasteiger partial charge on any atom is -0.497 e. The van der Waals surface area contributed by atoms with Gasteiger partial charge in [-0.3, -0.25) is 14.9 Å². The summed E-state index contributed by atoms with van der Waals surface area (Å²) >= 11 is 1.47. The van der Waals surface area contributed by atoms with Gasteiger partial charge in [-0.15, -0.1) is 0 Å². The van der Waals surface area contributed by atoms with E-state index in [-0.39, 0.29) is 11.4 Å². The molecule has 2 amide bonds. The highest BCUT2D eigenvalue weighted by Crippen LogP contribution is 2.31. The Bertz CT molecular complexity index is 1150. The molecule has 8 heteroatoms. The third-order valence-corrected chi connectivity index (χ3v) is 5.01.